The van der Waals surface area contributed by atoms with Crippen LogP contribution in [-0.4, -0.2) is 47.9 Å². The minimum Gasteiger partial charge on any atom is -0.378 e. The lowest BCUT2D eigenvalue weighted by Gasteiger charge is -2.27. The van der Waals surface area contributed by atoms with E-state index in [1.54, 1.807) is 36.1 Å². The first-order valence-electron chi connectivity index (χ1n) is 8.50. The van der Waals surface area contributed by atoms with Crippen LogP contribution >= 0.6 is 0 Å². The molecule has 1 N–H and O–H groups in total. The van der Waals surface area contributed by atoms with Crippen LogP contribution in [-0.2, 0) is 4.74 Å². The fourth-order valence-electron chi connectivity index (χ4n) is 2.91. The maximum absolute atomic E-state index is 12.8. The zero-order valence-corrected chi connectivity index (χ0v) is 14.8. The summed E-state index contributed by atoms with van der Waals surface area (Å²) in [5.41, 5.74) is 1.42. The number of nitro groups is 1. The molecule has 2 amide bonds. The average Bonchev–Trinajstić information content (AvgIpc) is 2.68. The third-order valence-corrected chi connectivity index (χ3v) is 4.36. The summed E-state index contributed by atoms with van der Waals surface area (Å²) in [6, 6.07) is 10.9. The highest BCUT2D eigenvalue weighted by molar-refractivity contribution is 6.09. The fourth-order valence-corrected chi connectivity index (χ4v) is 2.91. The van der Waals surface area contributed by atoms with Gasteiger partial charge < -0.3 is 15.0 Å². The number of nitrogens with zero attached hydrogens (tertiary/aromatic N) is 2. The molecular formula is C19H19N3O5. The Labute approximate surface area is 155 Å². The van der Waals surface area contributed by atoms with E-state index in [-0.39, 0.29) is 17.2 Å². The molecule has 0 atom stereocenters. The van der Waals surface area contributed by atoms with Gasteiger partial charge in [-0.05, 0) is 31.2 Å². The number of ether oxygens (including phenoxy) is 1. The number of carbonyl (C=O) groups is 2. The van der Waals surface area contributed by atoms with E-state index in [4.69, 9.17) is 4.74 Å². The highest BCUT2D eigenvalue weighted by Crippen LogP contribution is 2.22. The Bertz CT molecular complexity index is 891. The number of hydrogen-bond acceptors (Lipinski definition) is 5. The van der Waals surface area contributed by atoms with Crippen LogP contribution in [0.15, 0.2) is 42.5 Å². The number of anilines is 1. The Morgan fingerprint density at radius 2 is 1.85 bits per heavy atom. The van der Waals surface area contributed by atoms with Gasteiger partial charge in [0.1, 0.15) is 0 Å². The van der Waals surface area contributed by atoms with Crippen LogP contribution < -0.4 is 5.32 Å². The minimum absolute atomic E-state index is 0.0468. The number of carbonyl (C=O) groups excluding carboxylic acids is 2. The van der Waals surface area contributed by atoms with Crippen molar-refractivity contribution in [1.29, 1.82) is 0 Å². The van der Waals surface area contributed by atoms with Crippen LogP contribution in [0.3, 0.4) is 0 Å². The first-order chi connectivity index (χ1) is 13.0. The number of para-hydroxylation sites is 1. The van der Waals surface area contributed by atoms with Crippen molar-refractivity contribution in [2.75, 3.05) is 31.6 Å². The summed E-state index contributed by atoms with van der Waals surface area (Å²) >= 11 is 0. The summed E-state index contributed by atoms with van der Waals surface area (Å²) in [6.07, 6.45) is 0. The first kappa shape index (κ1) is 18.5. The van der Waals surface area contributed by atoms with Gasteiger partial charge in [-0.1, -0.05) is 12.1 Å². The van der Waals surface area contributed by atoms with Crippen molar-refractivity contribution in [3.63, 3.8) is 0 Å². The number of hydrogen-bond donors (Lipinski definition) is 1. The molecule has 27 heavy (non-hydrogen) atoms. The topological polar surface area (TPSA) is 102 Å². The summed E-state index contributed by atoms with van der Waals surface area (Å²) in [7, 11) is 0. The van der Waals surface area contributed by atoms with Crippen LogP contribution in [0.1, 0.15) is 26.3 Å². The number of aryl methyl sites for hydroxylation is 1. The molecule has 2 aromatic carbocycles. The van der Waals surface area contributed by atoms with Gasteiger partial charge in [0.25, 0.3) is 17.5 Å². The van der Waals surface area contributed by atoms with Crippen molar-refractivity contribution in [3.8, 4) is 0 Å². The lowest BCUT2D eigenvalue weighted by atomic mass is 10.1. The van der Waals surface area contributed by atoms with Crippen LogP contribution in [0.2, 0.25) is 0 Å². The van der Waals surface area contributed by atoms with Crippen molar-refractivity contribution in [2.45, 2.75) is 6.92 Å². The maximum atomic E-state index is 12.8. The lowest BCUT2D eigenvalue weighted by Crippen LogP contribution is -2.41. The van der Waals surface area contributed by atoms with E-state index < -0.39 is 10.8 Å². The smallest absolute Gasteiger partial charge is 0.272 e. The monoisotopic (exact) mass is 369 g/mol. The largest absolute Gasteiger partial charge is 0.378 e. The molecule has 0 unspecified atom stereocenters. The Balaban J connectivity index is 1.81. The van der Waals surface area contributed by atoms with Crippen molar-refractivity contribution < 1.29 is 19.2 Å². The number of nitrogens with one attached hydrogen (secondary N) is 1. The highest BCUT2D eigenvalue weighted by atomic mass is 16.6. The predicted molar refractivity (Wildman–Crippen MR) is 99.0 cm³/mol. The molecule has 3 rings (SSSR count). The Morgan fingerprint density at radius 1 is 1.15 bits per heavy atom. The molecule has 1 aliphatic rings. The average molecular weight is 369 g/mol. The molecule has 8 nitrogen and oxygen atoms in total. The van der Waals surface area contributed by atoms with E-state index in [2.05, 4.69) is 5.32 Å². The zero-order valence-electron chi connectivity index (χ0n) is 14.8. The summed E-state index contributed by atoms with van der Waals surface area (Å²) in [5, 5.41) is 13.7. The second-order valence-corrected chi connectivity index (χ2v) is 6.16. The number of nitro benzene ring substituents is 1. The van der Waals surface area contributed by atoms with E-state index in [1.165, 1.54) is 18.2 Å². The van der Waals surface area contributed by atoms with Gasteiger partial charge in [-0.3, -0.25) is 19.7 Å². The van der Waals surface area contributed by atoms with Crippen LogP contribution in [0.25, 0.3) is 0 Å². The molecule has 0 radical (unpaired) electrons. The number of amides is 2. The SMILES string of the molecule is Cc1cc(C(=O)Nc2ccccc2C(=O)N2CCOCC2)ccc1[N+](=O)[O-]. The number of benzene rings is 2. The van der Waals surface area contributed by atoms with Crippen LogP contribution in [0.5, 0.6) is 0 Å². The Hall–Kier alpha value is -3.26. The van der Waals surface area contributed by atoms with Gasteiger partial charge in [-0.2, -0.15) is 0 Å². The van der Waals surface area contributed by atoms with E-state index in [1.807, 2.05) is 0 Å². The highest BCUT2D eigenvalue weighted by Gasteiger charge is 2.22. The van der Waals surface area contributed by atoms with E-state index >= 15 is 0 Å². The summed E-state index contributed by atoms with van der Waals surface area (Å²) in [4.78, 5) is 37.4. The number of rotatable bonds is 4. The third-order valence-electron chi connectivity index (χ3n) is 4.36. The first-order valence-corrected chi connectivity index (χ1v) is 8.50. The van der Waals surface area contributed by atoms with Gasteiger partial charge in [0.15, 0.2) is 0 Å². The van der Waals surface area contributed by atoms with Crippen LogP contribution in [0, 0.1) is 17.0 Å². The molecule has 0 aromatic heterocycles. The van der Waals surface area contributed by atoms with E-state index in [0.717, 1.165) is 0 Å². The maximum Gasteiger partial charge on any atom is 0.272 e. The minimum atomic E-state index is -0.493. The van der Waals surface area contributed by atoms with Gasteiger partial charge in [-0.25, -0.2) is 0 Å². The van der Waals surface area contributed by atoms with E-state index in [0.29, 0.717) is 43.1 Å². The number of morpholine rings is 1. The van der Waals surface area contributed by atoms with Crippen molar-refractivity contribution >= 4 is 23.2 Å². The standard InChI is InChI=1S/C19H19N3O5/c1-13-12-14(6-7-17(13)22(25)26)18(23)20-16-5-3-2-4-15(16)19(24)21-8-10-27-11-9-21/h2-7,12H,8-11H2,1H3,(H,20,23). The normalized spacial score (nSPS) is 13.9. The molecule has 8 heteroatoms. The molecule has 0 spiro atoms. The fraction of sp³-hybridized carbons (Fsp3) is 0.263. The van der Waals surface area contributed by atoms with Gasteiger partial charge in [0.2, 0.25) is 0 Å². The molecule has 1 fully saturated rings. The lowest BCUT2D eigenvalue weighted by molar-refractivity contribution is -0.385. The van der Waals surface area contributed by atoms with Gasteiger partial charge >= 0.3 is 0 Å². The molecular weight excluding hydrogens is 350 g/mol. The summed E-state index contributed by atoms with van der Waals surface area (Å²) < 4.78 is 5.26. The Morgan fingerprint density at radius 3 is 2.52 bits per heavy atom. The predicted octanol–water partition coefficient (Wildman–Crippen LogP) is 2.63. The summed E-state index contributed by atoms with van der Waals surface area (Å²) in [6.45, 7) is 3.56. The quantitative estimate of drug-likeness (QED) is 0.659. The molecule has 1 saturated heterocycles. The van der Waals surface area contributed by atoms with Gasteiger partial charge in [0, 0.05) is 30.3 Å². The van der Waals surface area contributed by atoms with Gasteiger partial charge in [-0.15, -0.1) is 0 Å². The van der Waals surface area contributed by atoms with Crippen molar-refractivity contribution in [2.24, 2.45) is 0 Å². The Kier molecular flexibility index (Phi) is 5.46. The second kappa shape index (κ2) is 7.96. The third kappa shape index (κ3) is 4.12. The second-order valence-electron chi connectivity index (χ2n) is 6.16. The van der Waals surface area contributed by atoms with E-state index in [9.17, 15) is 19.7 Å². The van der Waals surface area contributed by atoms with Gasteiger partial charge in [0.05, 0.1) is 29.4 Å². The molecule has 1 heterocycles. The molecule has 0 saturated carbocycles. The molecule has 140 valence electrons. The summed E-state index contributed by atoms with van der Waals surface area (Å²) in [5.74, 6) is -0.607. The van der Waals surface area contributed by atoms with Crippen LogP contribution in [0.4, 0.5) is 11.4 Å². The molecule has 2 aromatic rings. The molecule has 0 aliphatic carbocycles. The molecule has 0 bridgehead atoms. The van der Waals surface area contributed by atoms with Crippen molar-refractivity contribution in [1.82, 2.24) is 4.90 Å². The zero-order chi connectivity index (χ0) is 19.4. The molecule has 1 aliphatic heterocycles. The van der Waals surface area contributed by atoms with Crippen molar-refractivity contribution in [3.05, 3.63) is 69.3 Å².